The lowest BCUT2D eigenvalue weighted by Crippen LogP contribution is -2.44. The highest BCUT2D eigenvalue weighted by Gasteiger charge is 2.24. The van der Waals surface area contributed by atoms with Gasteiger partial charge in [0.1, 0.15) is 0 Å². The van der Waals surface area contributed by atoms with E-state index in [1.807, 2.05) is 0 Å². The molecule has 0 aromatic heterocycles. The fourth-order valence-electron chi connectivity index (χ4n) is 1.57. The molecule has 1 heterocycles. The van der Waals surface area contributed by atoms with Gasteiger partial charge in [-0.3, -0.25) is 0 Å². The van der Waals surface area contributed by atoms with Crippen LogP contribution in [-0.2, 0) is 14.6 Å². The lowest BCUT2D eigenvalue weighted by atomic mass is 10.0. The molecule has 0 aliphatic carbocycles. The molecule has 15 heavy (non-hydrogen) atoms. The van der Waals surface area contributed by atoms with Crippen LogP contribution in [0.5, 0.6) is 0 Å². The van der Waals surface area contributed by atoms with E-state index in [9.17, 15) is 8.42 Å². The van der Waals surface area contributed by atoms with Crippen LogP contribution in [0.25, 0.3) is 0 Å². The van der Waals surface area contributed by atoms with Crippen LogP contribution in [0.2, 0.25) is 0 Å². The third-order valence-corrected chi connectivity index (χ3v) is 3.90. The van der Waals surface area contributed by atoms with Crippen molar-refractivity contribution in [3.8, 4) is 0 Å². The van der Waals surface area contributed by atoms with Crippen LogP contribution in [0.1, 0.15) is 13.8 Å². The fourth-order valence-corrected chi connectivity index (χ4v) is 2.82. The minimum absolute atomic E-state index is 0.0717. The zero-order valence-electron chi connectivity index (χ0n) is 9.43. The first-order valence-electron chi connectivity index (χ1n) is 5.10. The molecule has 5 heteroatoms. The van der Waals surface area contributed by atoms with Gasteiger partial charge in [0.15, 0.2) is 9.84 Å². The van der Waals surface area contributed by atoms with Gasteiger partial charge in [0.05, 0.1) is 12.4 Å². The number of nitrogens with one attached hydrogen (secondary N) is 1. The number of methoxy groups -OCH3 is 1. The van der Waals surface area contributed by atoms with Crippen molar-refractivity contribution in [2.45, 2.75) is 25.9 Å². The van der Waals surface area contributed by atoms with E-state index in [4.69, 9.17) is 4.74 Å². The molecule has 0 saturated carbocycles. The van der Waals surface area contributed by atoms with Crippen molar-refractivity contribution in [1.29, 1.82) is 0 Å². The molecule has 1 N–H and O–H groups in total. The zero-order chi connectivity index (χ0) is 11.5. The second kappa shape index (κ2) is 5.09. The summed E-state index contributed by atoms with van der Waals surface area (Å²) in [5, 5.41) is 4.57. The Morgan fingerprint density at radius 3 is 2.60 bits per heavy atom. The van der Waals surface area contributed by atoms with Crippen molar-refractivity contribution in [3.63, 3.8) is 0 Å². The van der Waals surface area contributed by atoms with Crippen molar-refractivity contribution in [3.05, 3.63) is 11.5 Å². The number of hydrogen-bond acceptors (Lipinski definition) is 4. The Morgan fingerprint density at radius 1 is 1.53 bits per heavy atom. The van der Waals surface area contributed by atoms with Gasteiger partial charge < -0.3 is 10.1 Å². The highest BCUT2D eigenvalue weighted by Crippen LogP contribution is 2.11. The second-order valence-electron chi connectivity index (χ2n) is 4.24. The maximum absolute atomic E-state index is 11.2. The normalized spacial score (nSPS) is 26.0. The summed E-state index contributed by atoms with van der Waals surface area (Å²) < 4.78 is 27.5. The molecule has 1 rings (SSSR count). The average molecular weight is 233 g/mol. The minimum Gasteiger partial charge on any atom is -0.383 e. The van der Waals surface area contributed by atoms with Crippen molar-refractivity contribution in [1.82, 2.24) is 5.32 Å². The molecule has 88 valence electrons. The molecule has 0 fully saturated rings. The summed E-state index contributed by atoms with van der Waals surface area (Å²) in [6, 6.07) is 0.121. The van der Waals surface area contributed by atoms with Crippen molar-refractivity contribution >= 4 is 9.84 Å². The topological polar surface area (TPSA) is 55.4 Å². The first-order chi connectivity index (χ1) is 6.94. The summed E-state index contributed by atoms with van der Waals surface area (Å²) >= 11 is 0. The Balaban J connectivity index is 2.50. The van der Waals surface area contributed by atoms with Crippen LogP contribution >= 0.6 is 0 Å². The average Bonchev–Trinajstić information content (AvgIpc) is 2.44. The van der Waals surface area contributed by atoms with Crippen molar-refractivity contribution in [2.24, 2.45) is 5.92 Å². The van der Waals surface area contributed by atoms with Gasteiger partial charge in [-0.25, -0.2) is 8.42 Å². The Bertz CT molecular complexity index is 322. The van der Waals surface area contributed by atoms with Crippen LogP contribution in [0.4, 0.5) is 0 Å². The molecule has 0 bridgehead atoms. The first kappa shape index (κ1) is 12.7. The van der Waals surface area contributed by atoms with Gasteiger partial charge >= 0.3 is 0 Å². The summed E-state index contributed by atoms with van der Waals surface area (Å²) in [5.74, 6) is 0.585. The van der Waals surface area contributed by atoms with Crippen LogP contribution in [-0.4, -0.2) is 40.0 Å². The zero-order valence-corrected chi connectivity index (χ0v) is 10.3. The first-order valence-corrected chi connectivity index (χ1v) is 6.82. The van der Waals surface area contributed by atoms with E-state index < -0.39 is 9.84 Å². The minimum atomic E-state index is -2.97. The Labute approximate surface area is 91.6 Å². The number of ether oxygens (including phenoxy) is 1. The molecule has 1 aliphatic rings. The number of sulfone groups is 1. The summed E-state index contributed by atoms with van der Waals surface area (Å²) in [4.78, 5) is 0. The lowest BCUT2D eigenvalue weighted by molar-refractivity contribution is 0.145. The number of rotatable bonds is 5. The van der Waals surface area contributed by atoms with E-state index in [0.717, 1.165) is 0 Å². The summed E-state index contributed by atoms with van der Waals surface area (Å²) in [5.41, 5.74) is 0. The molecule has 0 saturated heterocycles. The van der Waals surface area contributed by atoms with Crippen LogP contribution in [0.15, 0.2) is 11.5 Å². The molecule has 0 radical (unpaired) electrons. The third kappa shape index (κ3) is 3.93. The van der Waals surface area contributed by atoms with Gasteiger partial charge in [0, 0.05) is 24.6 Å². The molecule has 0 aromatic rings. The van der Waals surface area contributed by atoms with E-state index in [-0.39, 0.29) is 17.8 Å². The maximum atomic E-state index is 11.2. The summed E-state index contributed by atoms with van der Waals surface area (Å²) in [6.45, 7) is 4.77. The van der Waals surface area contributed by atoms with Gasteiger partial charge in [-0.05, 0) is 5.92 Å². The molecule has 4 nitrogen and oxygen atoms in total. The molecule has 2 unspecified atom stereocenters. The van der Waals surface area contributed by atoms with Crippen LogP contribution in [0, 0.1) is 5.92 Å². The highest BCUT2D eigenvalue weighted by molar-refractivity contribution is 7.94. The van der Waals surface area contributed by atoms with E-state index in [0.29, 0.717) is 12.5 Å². The van der Waals surface area contributed by atoms with Gasteiger partial charge in [-0.1, -0.05) is 19.9 Å². The lowest BCUT2D eigenvalue weighted by Gasteiger charge is -2.24. The smallest absolute Gasteiger partial charge is 0.173 e. The highest BCUT2D eigenvalue weighted by atomic mass is 32.2. The summed E-state index contributed by atoms with van der Waals surface area (Å²) in [6.07, 6.45) is 1.71. The van der Waals surface area contributed by atoms with Crippen molar-refractivity contribution in [2.75, 3.05) is 19.5 Å². The van der Waals surface area contributed by atoms with Gasteiger partial charge in [0.2, 0.25) is 0 Å². The standard InChI is InChI=1S/C10H19NO3S/c1-8(2)10(6-14-3)11-9-4-5-15(12,13)7-9/h4-5,8-11H,6-7H2,1-3H3. The van der Waals surface area contributed by atoms with Crippen LogP contribution < -0.4 is 5.32 Å². The van der Waals surface area contributed by atoms with Gasteiger partial charge in [0.25, 0.3) is 0 Å². The third-order valence-electron chi connectivity index (χ3n) is 2.51. The fraction of sp³-hybridized carbons (Fsp3) is 0.800. The van der Waals surface area contributed by atoms with Crippen LogP contribution in [0.3, 0.4) is 0 Å². The molecule has 0 aromatic carbocycles. The Morgan fingerprint density at radius 2 is 2.20 bits per heavy atom. The predicted octanol–water partition coefficient (Wildman–Crippen LogP) is 0.558. The molecule has 0 amide bonds. The quantitative estimate of drug-likeness (QED) is 0.754. The van der Waals surface area contributed by atoms with E-state index >= 15 is 0 Å². The Hall–Kier alpha value is -0.390. The van der Waals surface area contributed by atoms with E-state index in [1.54, 1.807) is 13.2 Å². The van der Waals surface area contributed by atoms with E-state index in [1.165, 1.54) is 5.41 Å². The number of hydrogen-bond donors (Lipinski definition) is 1. The van der Waals surface area contributed by atoms with Gasteiger partial charge in [-0.15, -0.1) is 0 Å². The predicted molar refractivity (Wildman–Crippen MR) is 60.4 cm³/mol. The molecule has 1 aliphatic heterocycles. The monoisotopic (exact) mass is 233 g/mol. The molecular weight excluding hydrogens is 214 g/mol. The largest absolute Gasteiger partial charge is 0.383 e. The maximum Gasteiger partial charge on any atom is 0.173 e. The second-order valence-corrected chi connectivity index (χ2v) is 6.17. The summed E-state index contributed by atoms with van der Waals surface area (Å²) in [7, 11) is -1.31. The molecule has 0 spiro atoms. The SMILES string of the molecule is COCC(NC1C=CS(=O)(=O)C1)C(C)C. The molecule has 2 atom stereocenters. The Kier molecular flexibility index (Phi) is 4.31. The molecular formula is C10H19NO3S. The van der Waals surface area contributed by atoms with Crippen molar-refractivity contribution < 1.29 is 13.2 Å². The van der Waals surface area contributed by atoms with Gasteiger partial charge in [-0.2, -0.15) is 0 Å². The van der Waals surface area contributed by atoms with E-state index in [2.05, 4.69) is 19.2 Å².